The van der Waals surface area contributed by atoms with E-state index in [2.05, 4.69) is 15.3 Å². The zero-order chi connectivity index (χ0) is 13.8. The Kier molecular flexibility index (Phi) is 3.97. The summed E-state index contributed by atoms with van der Waals surface area (Å²) in [5.74, 6) is 0.0786. The topological polar surface area (TPSA) is 67.0 Å². The molecule has 3 rings (SSSR count). The highest BCUT2D eigenvalue weighted by molar-refractivity contribution is 5.80. The number of ether oxygens (including phenoxy) is 1. The minimum atomic E-state index is 0.0786. The first-order valence-electron chi connectivity index (χ1n) is 7.12. The fourth-order valence-electron chi connectivity index (χ4n) is 2.64. The molecule has 1 fully saturated rings. The van der Waals surface area contributed by atoms with Gasteiger partial charge in [-0.05, 0) is 37.0 Å². The van der Waals surface area contributed by atoms with E-state index < -0.39 is 0 Å². The second kappa shape index (κ2) is 6.05. The maximum Gasteiger partial charge on any atom is 0.222 e. The Bertz CT molecular complexity index is 588. The molecule has 0 spiro atoms. The molecular formula is C15H19N3O2. The van der Waals surface area contributed by atoms with E-state index in [0.29, 0.717) is 13.0 Å². The fourth-order valence-corrected chi connectivity index (χ4v) is 2.64. The van der Waals surface area contributed by atoms with Crippen molar-refractivity contribution < 1.29 is 9.53 Å². The van der Waals surface area contributed by atoms with Crippen molar-refractivity contribution in [3.63, 3.8) is 0 Å². The number of pyridine rings is 1. The number of hydrogen-bond acceptors (Lipinski definition) is 3. The highest BCUT2D eigenvalue weighted by Crippen LogP contribution is 2.16. The summed E-state index contributed by atoms with van der Waals surface area (Å²) in [6.07, 6.45) is 7.21. The molecule has 1 saturated heterocycles. The van der Waals surface area contributed by atoms with Gasteiger partial charge in [0.05, 0.1) is 12.5 Å². The third-order valence-corrected chi connectivity index (χ3v) is 3.69. The van der Waals surface area contributed by atoms with Crippen molar-refractivity contribution in [2.45, 2.75) is 31.8 Å². The van der Waals surface area contributed by atoms with Crippen LogP contribution in [0.2, 0.25) is 0 Å². The van der Waals surface area contributed by atoms with Crippen LogP contribution in [0, 0.1) is 0 Å². The van der Waals surface area contributed by atoms with Gasteiger partial charge in [0.15, 0.2) is 0 Å². The molecule has 3 heterocycles. The normalized spacial score (nSPS) is 18.5. The molecule has 1 atom stereocenters. The van der Waals surface area contributed by atoms with Gasteiger partial charge in [0.1, 0.15) is 5.65 Å². The lowest BCUT2D eigenvalue weighted by atomic mass is 10.1. The van der Waals surface area contributed by atoms with Crippen molar-refractivity contribution in [1.82, 2.24) is 15.3 Å². The SMILES string of the molecule is O=C(CC1CCCO1)NCCc1c[nH]c2ncccc12. The van der Waals surface area contributed by atoms with Crippen LogP contribution in [0.3, 0.4) is 0 Å². The molecular weight excluding hydrogens is 254 g/mol. The van der Waals surface area contributed by atoms with Crippen molar-refractivity contribution in [2.24, 2.45) is 0 Å². The number of nitrogens with one attached hydrogen (secondary N) is 2. The molecule has 0 bridgehead atoms. The van der Waals surface area contributed by atoms with Crippen LogP contribution in [0.25, 0.3) is 11.0 Å². The molecule has 2 N–H and O–H groups in total. The van der Waals surface area contributed by atoms with Crippen LogP contribution in [0.5, 0.6) is 0 Å². The third-order valence-electron chi connectivity index (χ3n) is 3.69. The molecule has 2 aromatic heterocycles. The summed E-state index contributed by atoms with van der Waals surface area (Å²) in [6, 6.07) is 3.97. The minimum Gasteiger partial charge on any atom is -0.378 e. The number of carbonyl (C=O) groups excluding carboxylic acids is 1. The van der Waals surface area contributed by atoms with Crippen LogP contribution in [-0.2, 0) is 16.0 Å². The molecule has 1 unspecified atom stereocenters. The second-order valence-electron chi connectivity index (χ2n) is 5.15. The molecule has 0 saturated carbocycles. The number of rotatable bonds is 5. The Hall–Kier alpha value is -1.88. The first-order valence-corrected chi connectivity index (χ1v) is 7.12. The maximum atomic E-state index is 11.8. The summed E-state index contributed by atoms with van der Waals surface area (Å²) in [5, 5.41) is 4.09. The number of aromatic amines is 1. The molecule has 0 radical (unpaired) electrons. The van der Waals surface area contributed by atoms with Gasteiger partial charge in [-0.25, -0.2) is 4.98 Å². The zero-order valence-corrected chi connectivity index (χ0v) is 11.4. The lowest BCUT2D eigenvalue weighted by Gasteiger charge is -2.09. The van der Waals surface area contributed by atoms with Gasteiger partial charge in [0, 0.05) is 30.9 Å². The Morgan fingerprint density at radius 3 is 3.35 bits per heavy atom. The molecule has 2 aromatic rings. The van der Waals surface area contributed by atoms with E-state index in [0.717, 1.165) is 36.9 Å². The van der Waals surface area contributed by atoms with Gasteiger partial charge in [-0.15, -0.1) is 0 Å². The lowest BCUT2D eigenvalue weighted by molar-refractivity contribution is -0.123. The van der Waals surface area contributed by atoms with Gasteiger partial charge >= 0.3 is 0 Å². The van der Waals surface area contributed by atoms with Crippen molar-refractivity contribution in [3.05, 3.63) is 30.1 Å². The van der Waals surface area contributed by atoms with Crippen molar-refractivity contribution >= 4 is 16.9 Å². The van der Waals surface area contributed by atoms with E-state index in [9.17, 15) is 4.79 Å². The predicted octanol–water partition coefficient (Wildman–Crippen LogP) is 1.79. The van der Waals surface area contributed by atoms with Crippen LogP contribution < -0.4 is 5.32 Å². The monoisotopic (exact) mass is 273 g/mol. The highest BCUT2D eigenvalue weighted by Gasteiger charge is 2.18. The highest BCUT2D eigenvalue weighted by atomic mass is 16.5. The van der Waals surface area contributed by atoms with Crippen LogP contribution >= 0.6 is 0 Å². The van der Waals surface area contributed by atoms with Crippen molar-refractivity contribution in [2.75, 3.05) is 13.2 Å². The van der Waals surface area contributed by atoms with Crippen LogP contribution in [0.15, 0.2) is 24.5 Å². The van der Waals surface area contributed by atoms with Crippen LogP contribution in [0.4, 0.5) is 0 Å². The number of H-pyrrole nitrogens is 1. The number of nitrogens with zero attached hydrogens (tertiary/aromatic N) is 1. The summed E-state index contributed by atoms with van der Waals surface area (Å²) in [5.41, 5.74) is 2.08. The summed E-state index contributed by atoms with van der Waals surface area (Å²) in [6.45, 7) is 1.44. The maximum absolute atomic E-state index is 11.8. The van der Waals surface area contributed by atoms with Crippen molar-refractivity contribution in [3.8, 4) is 0 Å². The molecule has 20 heavy (non-hydrogen) atoms. The van der Waals surface area contributed by atoms with E-state index in [1.54, 1.807) is 6.20 Å². The molecule has 1 aliphatic heterocycles. The molecule has 106 valence electrons. The lowest BCUT2D eigenvalue weighted by Crippen LogP contribution is -2.28. The minimum absolute atomic E-state index is 0.0786. The van der Waals surface area contributed by atoms with E-state index in [-0.39, 0.29) is 12.0 Å². The van der Waals surface area contributed by atoms with Crippen molar-refractivity contribution in [1.29, 1.82) is 0 Å². The van der Waals surface area contributed by atoms with Gasteiger partial charge in [-0.2, -0.15) is 0 Å². The van der Waals surface area contributed by atoms with Gasteiger partial charge < -0.3 is 15.0 Å². The average Bonchev–Trinajstić information content (AvgIpc) is 3.09. The van der Waals surface area contributed by atoms with Gasteiger partial charge in [0.25, 0.3) is 0 Å². The molecule has 0 aliphatic carbocycles. The standard InChI is InChI=1S/C15H19N3O2/c19-14(9-12-3-2-8-20-12)16-7-5-11-10-18-15-13(11)4-1-6-17-15/h1,4,6,10,12H,2-3,5,7-9H2,(H,16,19)(H,17,18). The quantitative estimate of drug-likeness (QED) is 0.872. The Balaban J connectivity index is 1.48. The molecule has 0 aromatic carbocycles. The zero-order valence-electron chi connectivity index (χ0n) is 11.4. The molecule has 5 heteroatoms. The van der Waals surface area contributed by atoms with E-state index in [4.69, 9.17) is 4.74 Å². The summed E-state index contributed by atoms with van der Waals surface area (Å²) >= 11 is 0. The molecule has 1 amide bonds. The second-order valence-corrected chi connectivity index (χ2v) is 5.15. The van der Waals surface area contributed by atoms with Crippen LogP contribution in [0.1, 0.15) is 24.8 Å². The fraction of sp³-hybridized carbons (Fsp3) is 0.467. The van der Waals surface area contributed by atoms with Gasteiger partial charge in [-0.1, -0.05) is 0 Å². The first kappa shape index (κ1) is 13.1. The van der Waals surface area contributed by atoms with Crippen LogP contribution in [-0.4, -0.2) is 35.1 Å². The number of hydrogen-bond donors (Lipinski definition) is 2. The number of fused-ring (bicyclic) bond motifs is 1. The number of aromatic nitrogens is 2. The number of carbonyl (C=O) groups is 1. The Morgan fingerprint density at radius 2 is 2.50 bits per heavy atom. The largest absolute Gasteiger partial charge is 0.378 e. The third kappa shape index (κ3) is 2.99. The van der Waals surface area contributed by atoms with Gasteiger partial charge in [0.2, 0.25) is 5.91 Å². The Labute approximate surface area is 117 Å². The molecule has 5 nitrogen and oxygen atoms in total. The smallest absolute Gasteiger partial charge is 0.222 e. The van der Waals surface area contributed by atoms with E-state index >= 15 is 0 Å². The first-order chi connectivity index (χ1) is 9.83. The van der Waals surface area contributed by atoms with E-state index in [1.165, 1.54) is 5.56 Å². The summed E-state index contributed by atoms with van der Waals surface area (Å²) in [4.78, 5) is 19.2. The molecule has 1 aliphatic rings. The predicted molar refractivity (Wildman–Crippen MR) is 76.4 cm³/mol. The summed E-state index contributed by atoms with van der Waals surface area (Å²) < 4.78 is 5.46. The van der Waals surface area contributed by atoms with Gasteiger partial charge in [-0.3, -0.25) is 4.79 Å². The Morgan fingerprint density at radius 1 is 1.55 bits per heavy atom. The summed E-state index contributed by atoms with van der Waals surface area (Å²) in [7, 11) is 0. The van der Waals surface area contributed by atoms with E-state index in [1.807, 2.05) is 18.3 Å². The average molecular weight is 273 g/mol. The number of amides is 1.